The quantitative estimate of drug-likeness (QED) is 0.400. The molecule has 110 valence electrons. The summed E-state index contributed by atoms with van der Waals surface area (Å²) < 4.78 is 22.5. The third-order valence-electron chi connectivity index (χ3n) is 1.98. The zero-order chi connectivity index (χ0) is 13.7. The third-order valence-corrected chi connectivity index (χ3v) is 4.55. The molecule has 0 radical (unpaired) electrons. The van der Waals surface area contributed by atoms with E-state index in [1.807, 2.05) is 26.8 Å². The van der Waals surface area contributed by atoms with Gasteiger partial charge in [-0.3, -0.25) is 12.5 Å². The minimum Gasteiger partial charge on any atom is -0.501 e. The summed E-state index contributed by atoms with van der Waals surface area (Å²) in [6.07, 6.45) is 5.60. The van der Waals surface area contributed by atoms with Crippen LogP contribution in [0.3, 0.4) is 0 Å². The average molecular weight is 280 g/mol. The van der Waals surface area contributed by atoms with E-state index in [4.69, 9.17) is 17.3 Å². The van der Waals surface area contributed by atoms with Crippen molar-refractivity contribution in [1.82, 2.24) is 0 Å². The van der Waals surface area contributed by atoms with Crippen LogP contribution in [0.4, 0.5) is 0 Å². The van der Waals surface area contributed by atoms with E-state index in [2.05, 4.69) is 6.92 Å². The largest absolute Gasteiger partial charge is 0.501 e. The fourth-order valence-electron chi connectivity index (χ4n) is 1.37. The van der Waals surface area contributed by atoms with Crippen molar-refractivity contribution in [3.05, 3.63) is 12.3 Å². The molecule has 0 aliphatic rings. The minimum atomic E-state index is -1.84. The number of rotatable bonds is 12. The molecule has 0 atom stereocenters. The zero-order valence-corrected chi connectivity index (χ0v) is 13.0. The smallest absolute Gasteiger partial charge is 0.0888 e. The molecule has 0 aromatic heterocycles. The SMILES string of the molecule is CCC=COCCCS(OCC)(OCC)OCC. The molecule has 0 saturated heterocycles. The lowest BCUT2D eigenvalue weighted by Crippen LogP contribution is -2.17. The van der Waals surface area contributed by atoms with E-state index < -0.39 is 10.9 Å². The van der Waals surface area contributed by atoms with Crippen LogP contribution in [0.1, 0.15) is 40.5 Å². The lowest BCUT2D eigenvalue weighted by molar-refractivity contribution is 0.181. The van der Waals surface area contributed by atoms with Crippen molar-refractivity contribution in [3.63, 3.8) is 0 Å². The Hall–Kier alpha value is -0.230. The zero-order valence-electron chi connectivity index (χ0n) is 12.1. The molecule has 18 heavy (non-hydrogen) atoms. The first kappa shape index (κ1) is 17.8. The Balaban J connectivity index is 4.08. The van der Waals surface area contributed by atoms with Crippen LogP contribution < -0.4 is 0 Å². The molecule has 0 rings (SSSR count). The Morgan fingerprint density at radius 2 is 1.44 bits per heavy atom. The average Bonchev–Trinajstić information content (AvgIpc) is 2.35. The Kier molecular flexibility index (Phi) is 11.7. The van der Waals surface area contributed by atoms with Gasteiger partial charge in [0.25, 0.3) is 0 Å². The molecular weight excluding hydrogens is 252 g/mol. The first-order chi connectivity index (χ1) is 8.74. The normalized spacial score (nSPS) is 13.1. The molecule has 0 aromatic rings. The van der Waals surface area contributed by atoms with Crippen molar-refractivity contribution in [3.8, 4) is 0 Å². The van der Waals surface area contributed by atoms with Crippen LogP contribution in [0, 0.1) is 0 Å². The second-order valence-electron chi connectivity index (χ2n) is 3.49. The van der Waals surface area contributed by atoms with E-state index in [0.717, 1.165) is 18.6 Å². The molecule has 0 bridgehead atoms. The molecule has 0 heterocycles. The fourth-order valence-corrected chi connectivity index (χ4v) is 3.48. The highest BCUT2D eigenvalue weighted by atomic mass is 32.3. The molecule has 0 aliphatic carbocycles. The maximum Gasteiger partial charge on any atom is 0.0888 e. The summed E-state index contributed by atoms with van der Waals surface area (Å²) in [5, 5.41) is 0. The van der Waals surface area contributed by atoms with E-state index >= 15 is 0 Å². The number of allylic oxidation sites excluding steroid dienone is 1. The van der Waals surface area contributed by atoms with Gasteiger partial charge in [0.05, 0.1) is 43.6 Å². The second-order valence-corrected chi connectivity index (χ2v) is 5.72. The van der Waals surface area contributed by atoms with Crippen molar-refractivity contribution < 1.29 is 17.3 Å². The fraction of sp³-hybridized carbons (Fsp3) is 0.846. The summed E-state index contributed by atoms with van der Waals surface area (Å²) in [4.78, 5) is 0. The highest BCUT2D eigenvalue weighted by molar-refractivity contribution is 8.21. The van der Waals surface area contributed by atoms with E-state index in [0.29, 0.717) is 26.4 Å². The van der Waals surface area contributed by atoms with Gasteiger partial charge in [-0.05, 0) is 33.6 Å². The first-order valence-electron chi connectivity index (χ1n) is 6.75. The molecule has 0 saturated carbocycles. The number of hydrogen-bond acceptors (Lipinski definition) is 4. The van der Waals surface area contributed by atoms with Crippen LogP contribution in [0.5, 0.6) is 0 Å². The van der Waals surface area contributed by atoms with Gasteiger partial charge in [0, 0.05) is 5.75 Å². The lowest BCUT2D eigenvalue weighted by Gasteiger charge is -2.36. The Morgan fingerprint density at radius 1 is 0.889 bits per heavy atom. The number of ether oxygens (including phenoxy) is 1. The van der Waals surface area contributed by atoms with Gasteiger partial charge in [-0.1, -0.05) is 13.0 Å². The standard InChI is InChI=1S/C13H28O4S/c1-5-9-11-14-12-10-13-18(15-6-2,16-7-3)17-8-4/h9,11H,5-8,10,12-13H2,1-4H3. The number of hydrogen-bond donors (Lipinski definition) is 0. The molecule has 0 aliphatic heterocycles. The van der Waals surface area contributed by atoms with Crippen molar-refractivity contribution in [1.29, 1.82) is 0 Å². The highest BCUT2D eigenvalue weighted by Gasteiger charge is 2.25. The maximum atomic E-state index is 5.70. The van der Waals surface area contributed by atoms with Crippen molar-refractivity contribution in [2.24, 2.45) is 0 Å². The van der Waals surface area contributed by atoms with E-state index in [-0.39, 0.29) is 0 Å². The molecular formula is C13H28O4S. The highest BCUT2D eigenvalue weighted by Crippen LogP contribution is 2.51. The molecule has 0 fully saturated rings. The van der Waals surface area contributed by atoms with Gasteiger partial charge in [-0.15, -0.1) is 0 Å². The minimum absolute atomic E-state index is 0.603. The van der Waals surface area contributed by atoms with Crippen molar-refractivity contribution in [2.75, 3.05) is 32.2 Å². The Bertz CT molecular complexity index is 192. The van der Waals surface area contributed by atoms with Gasteiger partial charge in [-0.25, -0.2) is 0 Å². The molecule has 0 N–H and O–H groups in total. The Morgan fingerprint density at radius 3 is 1.89 bits per heavy atom. The molecule has 0 unspecified atom stereocenters. The first-order valence-corrected chi connectivity index (χ1v) is 8.33. The van der Waals surface area contributed by atoms with Crippen LogP contribution >= 0.6 is 10.9 Å². The summed E-state index contributed by atoms with van der Waals surface area (Å²) in [5.74, 6) is 0.752. The summed E-state index contributed by atoms with van der Waals surface area (Å²) in [7, 11) is -1.84. The molecule has 0 spiro atoms. The van der Waals surface area contributed by atoms with Crippen molar-refractivity contribution >= 4 is 10.9 Å². The van der Waals surface area contributed by atoms with Gasteiger partial charge < -0.3 is 4.74 Å². The summed E-state index contributed by atoms with van der Waals surface area (Å²) >= 11 is 0. The molecule has 0 aromatic carbocycles. The topological polar surface area (TPSA) is 36.9 Å². The summed E-state index contributed by atoms with van der Waals surface area (Å²) in [6, 6.07) is 0. The van der Waals surface area contributed by atoms with E-state index in [1.54, 1.807) is 6.26 Å². The van der Waals surface area contributed by atoms with E-state index in [9.17, 15) is 0 Å². The van der Waals surface area contributed by atoms with Crippen molar-refractivity contribution in [2.45, 2.75) is 40.5 Å². The summed E-state index contributed by atoms with van der Waals surface area (Å²) in [5.41, 5.74) is 0. The van der Waals surface area contributed by atoms with Crippen LogP contribution in [-0.2, 0) is 17.3 Å². The van der Waals surface area contributed by atoms with Gasteiger partial charge in [0.2, 0.25) is 0 Å². The van der Waals surface area contributed by atoms with Crippen LogP contribution in [0.25, 0.3) is 0 Å². The predicted molar refractivity (Wildman–Crippen MR) is 77.3 cm³/mol. The molecule has 0 amide bonds. The van der Waals surface area contributed by atoms with Crippen LogP contribution in [-0.4, -0.2) is 32.2 Å². The Labute approximate surface area is 114 Å². The van der Waals surface area contributed by atoms with E-state index in [1.165, 1.54) is 0 Å². The van der Waals surface area contributed by atoms with Gasteiger partial charge >= 0.3 is 0 Å². The van der Waals surface area contributed by atoms with Gasteiger partial charge in [-0.2, -0.15) is 0 Å². The predicted octanol–water partition coefficient (Wildman–Crippen LogP) is 3.98. The lowest BCUT2D eigenvalue weighted by atomic mass is 10.5. The van der Waals surface area contributed by atoms with Gasteiger partial charge in [0.15, 0.2) is 0 Å². The maximum absolute atomic E-state index is 5.70. The van der Waals surface area contributed by atoms with Crippen LogP contribution in [0.15, 0.2) is 12.3 Å². The summed E-state index contributed by atoms with van der Waals surface area (Å²) in [6.45, 7) is 10.4. The monoisotopic (exact) mass is 280 g/mol. The molecule has 5 heteroatoms. The molecule has 4 nitrogen and oxygen atoms in total. The third kappa shape index (κ3) is 7.97. The second kappa shape index (κ2) is 11.8. The van der Waals surface area contributed by atoms with Crippen LogP contribution in [0.2, 0.25) is 0 Å². The van der Waals surface area contributed by atoms with Gasteiger partial charge in [0.1, 0.15) is 0 Å².